The molecule has 8 heteroatoms. The van der Waals surface area contributed by atoms with Crippen molar-refractivity contribution in [2.24, 2.45) is 5.73 Å². The molecular formula is C20H20N4O3S. The van der Waals surface area contributed by atoms with E-state index in [1.807, 2.05) is 42.0 Å². The topological polar surface area (TPSA) is 99.2 Å². The maximum Gasteiger partial charge on any atom is 0.248 e. The smallest absolute Gasteiger partial charge is 0.248 e. The Bertz CT molecular complexity index is 968. The molecule has 1 atom stereocenters. The number of hydrogen-bond acceptors (Lipinski definition) is 5. The fourth-order valence-corrected chi connectivity index (χ4v) is 3.37. The van der Waals surface area contributed by atoms with E-state index in [4.69, 9.17) is 10.5 Å². The number of rotatable bonds is 7. The second-order valence-electron chi connectivity index (χ2n) is 5.97. The number of nitrogens with two attached hydrogens (primary N) is 1. The molecule has 0 fully saturated rings. The second-order valence-corrected chi connectivity index (χ2v) is 7.28. The summed E-state index contributed by atoms with van der Waals surface area (Å²) < 4.78 is 7.09. The van der Waals surface area contributed by atoms with Crippen LogP contribution in [0.15, 0.2) is 66.1 Å². The normalized spacial score (nSPS) is 11.6. The Labute approximate surface area is 166 Å². The number of methoxy groups -OCH3 is 1. The number of carbonyl (C=O) groups excluding carboxylic acids is 2. The van der Waals surface area contributed by atoms with E-state index in [1.54, 1.807) is 37.6 Å². The zero-order valence-corrected chi connectivity index (χ0v) is 16.3. The molecule has 28 heavy (non-hydrogen) atoms. The molecule has 1 unspecified atom stereocenters. The summed E-state index contributed by atoms with van der Waals surface area (Å²) in [5.41, 5.74) is 7.14. The minimum atomic E-state index is -0.507. The first kappa shape index (κ1) is 19.5. The molecule has 0 aliphatic rings. The van der Waals surface area contributed by atoms with Crippen molar-refractivity contribution in [1.29, 1.82) is 0 Å². The third-order valence-corrected chi connectivity index (χ3v) is 5.13. The molecule has 0 aliphatic carbocycles. The van der Waals surface area contributed by atoms with Gasteiger partial charge in [-0.1, -0.05) is 11.8 Å². The molecule has 0 spiro atoms. The number of aromatic nitrogens is 2. The lowest BCUT2D eigenvalue weighted by atomic mass is 10.2. The summed E-state index contributed by atoms with van der Waals surface area (Å²) in [7, 11) is 1.62. The average molecular weight is 396 g/mol. The predicted molar refractivity (Wildman–Crippen MR) is 109 cm³/mol. The van der Waals surface area contributed by atoms with Gasteiger partial charge in [0.1, 0.15) is 5.75 Å². The van der Waals surface area contributed by atoms with Crippen LogP contribution in [0, 0.1) is 0 Å². The zero-order chi connectivity index (χ0) is 20.1. The second kappa shape index (κ2) is 8.62. The molecule has 1 heterocycles. The first-order valence-corrected chi connectivity index (χ1v) is 9.41. The molecule has 2 amide bonds. The number of imidazole rings is 1. The molecule has 0 saturated carbocycles. The van der Waals surface area contributed by atoms with Crippen molar-refractivity contribution in [1.82, 2.24) is 9.55 Å². The van der Waals surface area contributed by atoms with Crippen LogP contribution in [0.4, 0.5) is 5.69 Å². The minimum absolute atomic E-state index is 0.166. The molecule has 144 valence electrons. The van der Waals surface area contributed by atoms with E-state index in [2.05, 4.69) is 10.3 Å². The van der Waals surface area contributed by atoms with E-state index < -0.39 is 5.91 Å². The van der Waals surface area contributed by atoms with Gasteiger partial charge in [-0.05, 0) is 55.5 Å². The minimum Gasteiger partial charge on any atom is -0.497 e. The summed E-state index contributed by atoms with van der Waals surface area (Å²) in [6.45, 7) is 1.81. The number of hydrogen-bond donors (Lipinski definition) is 2. The highest BCUT2D eigenvalue weighted by atomic mass is 32.2. The fourth-order valence-electron chi connectivity index (χ4n) is 2.49. The molecule has 0 saturated heterocycles. The molecule has 2 aromatic carbocycles. The van der Waals surface area contributed by atoms with Gasteiger partial charge in [0.05, 0.1) is 12.4 Å². The molecule has 3 rings (SSSR count). The highest BCUT2D eigenvalue weighted by Gasteiger charge is 2.18. The van der Waals surface area contributed by atoms with Crippen LogP contribution in [0.25, 0.3) is 5.69 Å². The Balaban J connectivity index is 1.67. The maximum atomic E-state index is 12.5. The first-order chi connectivity index (χ1) is 13.5. The fraction of sp³-hybridized carbons (Fsp3) is 0.150. The summed E-state index contributed by atoms with van der Waals surface area (Å²) in [6.07, 6.45) is 3.54. The van der Waals surface area contributed by atoms with Crippen molar-refractivity contribution in [2.45, 2.75) is 17.3 Å². The van der Waals surface area contributed by atoms with Crippen molar-refractivity contribution in [3.63, 3.8) is 0 Å². The number of anilines is 1. The number of ether oxygens (including phenoxy) is 1. The first-order valence-electron chi connectivity index (χ1n) is 8.53. The van der Waals surface area contributed by atoms with Crippen LogP contribution in [-0.4, -0.2) is 33.7 Å². The van der Waals surface area contributed by atoms with Gasteiger partial charge in [0.2, 0.25) is 11.8 Å². The number of thioether (sulfide) groups is 1. The molecule has 0 bridgehead atoms. The van der Waals surface area contributed by atoms with E-state index in [1.165, 1.54) is 11.8 Å². The average Bonchev–Trinajstić information content (AvgIpc) is 3.16. The third-order valence-electron chi connectivity index (χ3n) is 4.05. The van der Waals surface area contributed by atoms with E-state index in [0.29, 0.717) is 16.4 Å². The van der Waals surface area contributed by atoms with Crippen LogP contribution in [0.1, 0.15) is 17.3 Å². The number of benzene rings is 2. The highest BCUT2D eigenvalue weighted by Crippen LogP contribution is 2.26. The van der Waals surface area contributed by atoms with Gasteiger partial charge in [0, 0.05) is 29.3 Å². The van der Waals surface area contributed by atoms with Crippen LogP contribution in [0.2, 0.25) is 0 Å². The van der Waals surface area contributed by atoms with Crippen molar-refractivity contribution in [3.8, 4) is 11.4 Å². The van der Waals surface area contributed by atoms with Crippen molar-refractivity contribution >= 4 is 29.3 Å². The van der Waals surface area contributed by atoms with Gasteiger partial charge in [0.25, 0.3) is 0 Å². The SMILES string of the molecule is COc1ccc(-n2ccnc2SC(C)C(=O)Nc2ccc(C(N)=O)cc2)cc1. The monoisotopic (exact) mass is 396 g/mol. The number of nitrogens with zero attached hydrogens (tertiary/aromatic N) is 2. The zero-order valence-electron chi connectivity index (χ0n) is 15.5. The molecule has 7 nitrogen and oxygen atoms in total. The highest BCUT2D eigenvalue weighted by molar-refractivity contribution is 8.00. The summed E-state index contributed by atoms with van der Waals surface area (Å²) in [5, 5.41) is 3.16. The largest absolute Gasteiger partial charge is 0.497 e. The summed E-state index contributed by atoms with van der Waals surface area (Å²) in [4.78, 5) is 28.0. The van der Waals surface area contributed by atoms with Gasteiger partial charge in [0.15, 0.2) is 5.16 Å². The Kier molecular flexibility index (Phi) is 6.00. The lowest BCUT2D eigenvalue weighted by molar-refractivity contribution is -0.115. The van der Waals surface area contributed by atoms with Crippen LogP contribution in [0.3, 0.4) is 0 Å². The third kappa shape index (κ3) is 4.52. The Morgan fingerprint density at radius 3 is 2.43 bits per heavy atom. The van der Waals surface area contributed by atoms with Crippen LogP contribution >= 0.6 is 11.8 Å². The standard InChI is InChI=1S/C20H20N4O3S/c1-13(19(26)23-15-5-3-14(4-6-15)18(21)25)28-20-22-11-12-24(20)16-7-9-17(27-2)10-8-16/h3-13H,1-2H3,(H2,21,25)(H,23,26). The van der Waals surface area contributed by atoms with Gasteiger partial charge in [-0.3, -0.25) is 14.2 Å². The molecular weight excluding hydrogens is 376 g/mol. The molecule has 3 N–H and O–H groups in total. The van der Waals surface area contributed by atoms with Crippen LogP contribution in [0.5, 0.6) is 5.75 Å². The predicted octanol–water partition coefficient (Wildman–Crippen LogP) is 3.10. The number of carbonyl (C=O) groups is 2. The molecule has 0 aliphatic heterocycles. The van der Waals surface area contributed by atoms with Crippen molar-refractivity contribution in [2.75, 3.05) is 12.4 Å². The number of amides is 2. The lowest BCUT2D eigenvalue weighted by Gasteiger charge is -2.13. The van der Waals surface area contributed by atoms with Crippen LogP contribution in [-0.2, 0) is 4.79 Å². The summed E-state index contributed by atoms with van der Waals surface area (Å²) in [6, 6.07) is 14.0. The lowest BCUT2D eigenvalue weighted by Crippen LogP contribution is -2.23. The summed E-state index contributed by atoms with van der Waals surface area (Å²) >= 11 is 1.35. The maximum absolute atomic E-state index is 12.5. The van der Waals surface area contributed by atoms with Gasteiger partial charge in [-0.25, -0.2) is 4.98 Å². The van der Waals surface area contributed by atoms with Gasteiger partial charge >= 0.3 is 0 Å². The van der Waals surface area contributed by atoms with Crippen LogP contribution < -0.4 is 15.8 Å². The van der Waals surface area contributed by atoms with E-state index in [-0.39, 0.29) is 11.2 Å². The molecule has 0 radical (unpaired) electrons. The van der Waals surface area contributed by atoms with Crippen molar-refractivity contribution < 1.29 is 14.3 Å². The van der Waals surface area contributed by atoms with E-state index in [9.17, 15) is 9.59 Å². The summed E-state index contributed by atoms with van der Waals surface area (Å²) in [5.74, 6) is 0.0986. The number of nitrogens with one attached hydrogen (secondary N) is 1. The molecule has 3 aromatic rings. The quantitative estimate of drug-likeness (QED) is 0.598. The van der Waals surface area contributed by atoms with E-state index >= 15 is 0 Å². The Morgan fingerprint density at radius 1 is 1.14 bits per heavy atom. The number of primary amides is 1. The van der Waals surface area contributed by atoms with Gasteiger partial charge in [-0.2, -0.15) is 0 Å². The Morgan fingerprint density at radius 2 is 1.82 bits per heavy atom. The van der Waals surface area contributed by atoms with Gasteiger partial charge < -0.3 is 15.8 Å². The Hall–Kier alpha value is -3.26. The van der Waals surface area contributed by atoms with Crippen molar-refractivity contribution in [3.05, 3.63) is 66.5 Å². The molecule has 1 aromatic heterocycles. The van der Waals surface area contributed by atoms with Gasteiger partial charge in [-0.15, -0.1) is 0 Å². The van der Waals surface area contributed by atoms with E-state index in [0.717, 1.165) is 11.4 Å².